The van der Waals surface area contributed by atoms with E-state index in [9.17, 15) is 4.79 Å². The summed E-state index contributed by atoms with van der Waals surface area (Å²) in [5.41, 5.74) is 2.67. The van der Waals surface area contributed by atoms with E-state index in [4.69, 9.17) is 0 Å². The minimum atomic E-state index is 0.567. The second kappa shape index (κ2) is 4.94. The molecular weight excluding hydrogens is 218 g/mol. The number of benzene rings is 1. The van der Waals surface area contributed by atoms with Crippen molar-refractivity contribution in [3.05, 3.63) is 48.2 Å². The number of carbonyl (C=O) groups excluding carboxylic acids is 1. The van der Waals surface area contributed by atoms with Crippen LogP contribution in [0.5, 0.6) is 0 Å². The van der Waals surface area contributed by atoms with Crippen LogP contribution in [0.4, 0.5) is 0 Å². The van der Waals surface area contributed by atoms with Gasteiger partial charge in [0, 0.05) is 17.3 Å². The van der Waals surface area contributed by atoms with Crippen LogP contribution in [0.1, 0.15) is 5.56 Å². The molecule has 0 N–H and O–H groups in total. The maximum Gasteiger partial charge on any atom is 0.233 e. The van der Waals surface area contributed by atoms with E-state index >= 15 is 0 Å². The van der Waals surface area contributed by atoms with Gasteiger partial charge in [0.25, 0.3) is 0 Å². The summed E-state index contributed by atoms with van der Waals surface area (Å²) in [5, 5.41) is 1.00. The zero-order chi connectivity index (χ0) is 11.4. The molecule has 16 heavy (non-hydrogen) atoms. The molecule has 1 aromatic carbocycles. The number of aromatic nitrogens is 1. The highest BCUT2D eigenvalue weighted by molar-refractivity contribution is 7.98. The van der Waals surface area contributed by atoms with Crippen LogP contribution in [0.2, 0.25) is 0 Å². The van der Waals surface area contributed by atoms with Crippen LogP contribution in [0.25, 0.3) is 11.1 Å². The topological polar surface area (TPSA) is 30.0 Å². The number of pyridine rings is 1. The lowest BCUT2D eigenvalue weighted by atomic mass is 10.1. The van der Waals surface area contributed by atoms with Gasteiger partial charge in [-0.2, -0.15) is 0 Å². The molecule has 0 aliphatic carbocycles. The molecule has 0 amide bonds. The van der Waals surface area contributed by atoms with Crippen molar-refractivity contribution in [3.8, 4) is 11.1 Å². The Kier molecular flexibility index (Phi) is 3.37. The Labute approximate surface area is 98.7 Å². The van der Waals surface area contributed by atoms with Gasteiger partial charge >= 0.3 is 0 Å². The molecule has 0 fully saturated rings. The fourth-order valence-electron chi connectivity index (χ4n) is 1.40. The predicted molar refractivity (Wildman–Crippen MR) is 66.2 cm³/mol. The summed E-state index contributed by atoms with van der Waals surface area (Å²) < 4.78 is 0. The van der Waals surface area contributed by atoms with Crippen LogP contribution in [-0.2, 0) is 4.79 Å². The zero-order valence-corrected chi connectivity index (χ0v) is 9.62. The number of hydrogen-bond acceptors (Lipinski definition) is 3. The average Bonchev–Trinajstić information content (AvgIpc) is 2.39. The van der Waals surface area contributed by atoms with Crippen LogP contribution in [-0.4, -0.2) is 17.5 Å². The van der Waals surface area contributed by atoms with Crippen molar-refractivity contribution in [3.63, 3.8) is 0 Å². The first-order chi connectivity index (χ1) is 7.83. The molecule has 0 aliphatic heterocycles. The highest BCUT2D eigenvalue weighted by Gasteiger charge is 1.99. The van der Waals surface area contributed by atoms with Crippen LogP contribution in [0.15, 0.2) is 47.6 Å². The molecule has 2 nitrogen and oxygen atoms in total. The van der Waals surface area contributed by atoms with Crippen LogP contribution in [0, 0.1) is 0 Å². The molecule has 0 aliphatic rings. The Bertz CT molecular complexity index is 476. The first-order valence-corrected chi connectivity index (χ1v) is 6.04. The molecule has 0 unspecified atom stereocenters. The average molecular weight is 228 g/mol. The molecule has 3 heteroatoms. The number of thioether (sulfide) groups is 1. The van der Waals surface area contributed by atoms with Crippen molar-refractivity contribution in [2.45, 2.75) is 5.03 Å². The van der Waals surface area contributed by atoms with Crippen LogP contribution >= 0.6 is 11.8 Å². The van der Waals surface area contributed by atoms with Gasteiger partial charge in [-0.05, 0) is 17.9 Å². The van der Waals surface area contributed by atoms with E-state index in [0.29, 0.717) is 5.56 Å². The van der Waals surface area contributed by atoms with Gasteiger partial charge in [-0.15, -0.1) is 11.8 Å². The van der Waals surface area contributed by atoms with Gasteiger partial charge in [0.1, 0.15) is 0 Å². The van der Waals surface area contributed by atoms with Crippen molar-refractivity contribution >= 4 is 18.0 Å². The van der Waals surface area contributed by atoms with Crippen LogP contribution < -0.4 is 0 Å². The largest absolute Gasteiger partial charge is 0.285 e. The molecule has 0 atom stereocenters. The molecule has 2 rings (SSSR count). The SMILES string of the molecule is CSc1ccc(-c2ccc([C]=O)cc2)cn1. The van der Waals surface area contributed by atoms with E-state index in [1.807, 2.05) is 43.0 Å². The lowest BCUT2D eigenvalue weighted by Gasteiger charge is -2.02. The quantitative estimate of drug-likeness (QED) is 0.756. The molecule has 79 valence electrons. The van der Waals surface area contributed by atoms with Crippen molar-refractivity contribution < 1.29 is 4.79 Å². The maximum atomic E-state index is 10.4. The minimum absolute atomic E-state index is 0.567. The number of rotatable bonds is 3. The number of nitrogens with zero attached hydrogens (tertiary/aromatic N) is 1. The minimum Gasteiger partial charge on any atom is -0.285 e. The normalized spacial score (nSPS) is 10.1. The highest BCUT2D eigenvalue weighted by atomic mass is 32.2. The zero-order valence-electron chi connectivity index (χ0n) is 8.81. The van der Waals surface area contributed by atoms with Crippen molar-refractivity contribution in [2.24, 2.45) is 0 Å². The lowest BCUT2D eigenvalue weighted by molar-refractivity contribution is 0.563. The number of hydrogen-bond donors (Lipinski definition) is 0. The predicted octanol–water partition coefficient (Wildman–Crippen LogP) is 2.93. The molecule has 0 saturated carbocycles. The van der Waals surface area contributed by atoms with E-state index in [1.165, 1.54) is 0 Å². The third-order valence-electron chi connectivity index (χ3n) is 2.28. The Morgan fingerprint density at radius 2 is 1.75 bits per heavy atom. The Hall–Kier alpha value is -1.61. The fraction of sp³-hybridized carbons (Fsp3) is 0.0769. The molecule has 2 aromatic rings. The van der Waals surface area contributed by atoms with Gasteiger partial charge < -0.3 is 0 Å². The summed E-state index contributed by atoms with van der Waals surface area (Å²) in [4.78, 5) is 14.7. The standard InChI is InChI=1S/C13H10NOS/c1-16-13-7-6-12(8-14-13)11-4-2-10(9-15)3-5-11/h2-8H,1H3. The third-order valence-corrected chi connectivity index (χ3v) is 2.94. The summed E-state index contributed by atoms with van der Waals surface area (Å²) in [7, 11) is 0. The third kappa shape index (κ3) is 2.31. The van der Waals surface area contributed by atoms with Gasteiger partial charge in [0.2, 0.25) is 6.29 Å². The summed E-state index contributed by atoms with van der Waals surface area (Å²) in [6.07, 6.45) is 5.69. The van der Waals surface area contributed by atoms with Gasteiger partial charge in [-0.25, -0.2) is 4.98 Å². The second-order valence-electron chi connectivity index (χ2n) is 3.27. The van der Waals surface area contributed by atoms with Gasteiger partial charge in [0.05, 0.1) is 5.03 Å². The molecular formula is C13H10NOS. The van der Waals surface area contributed by atoms with E-state index in [2.05, 4.69) is 4.98 Å². The summed E-state index contributed by atoms with van der Waals surface area (Å²) >= 11 is 1.62. The van der Waals surface area contributed by atoms with E-state index in [1.54, 1.807) is 23.9 Å². The molecule has 1 radical (unpaired) electrons. The van der Waals surface area contributed by atoms with E-state index in [-0.39, 0.29) is 0 Å². The molecule has 0 spiro atoms. The first-order valence-electron chi connectivity index (χ1n) is 4.82. The summed E-state index contributed by atoms with van der Waals surface area (Å²) in [6, 6.07) is 11.3. The van der Waals surface area contributed by atoms with Crippen molar-refractivity contribution in [1.29, 1.82) is 0 Å². The molecule has 1 heterocycles. The molecule has 0 saturated heterocycles. The molecule has 1 aromatic heterocycles. The van der Waals surface area contributed by atoms with Gasteiger partial charge in [-0.1, -0.05) is 30.3 Å². The molecule has 0 bridgehead atoms. The second-order valence-corrected chi connectivity index (χ2v) is 4.10. The first kappa shape index (κ1) is 10.9. The Morgan fingerprint density at radius 3 is 2.25 bits per heavy atom. The maximum absolute atomic E-state index is 10.4. The van der Waals surface area contributed by atoms with E-state index < -0.39 is 0 Å². The Morgan fingerprint density at radius 1 is 1.06 bits per heavy atom. The smallest absolute Gasteiger partial charge is 0.233 e. The van der Waals surface area contributed by atoms with Crippen molar-refractivity contribution in [1.82, 2.24) is 4.98 Å². The van der Waals surface area contributed by atoms with Gasteiger partial charge in [-0.3, -0.25) is 4.79 Å². The summed E-state index contributed by atoms with van der Waals surface area (Å²) in [5.74, 6) is 0. The van der Waals surface area contributed by atoms with Crippen LogP contribution in [0.3, 0.4) is 0 Å². The lowest BCUT2D eigenvalue weighted by Crippen LogP contribution is -1.84. The highest BCUT2D eigenvalue weighted by Crippen LogP contribution is 2.20. The van der Waals surface area contributed by atoms with E-state index in [0.717, 1.165) is 16.2 Å². The fourth-order valence-corrected chi connectivity index (χ4v) is 1.76. The monoisotopic (exact) mass is 228 g/mol. The summed E-state index contributed by atoms with van der Waals surface area (Å²) in [6.45, 7) is 0. The van der Waals surface area contributed by atoms with Gasteiger partial charge in [0.15, 0.2) is 0 Å². The van der Waals surface area contributed by atoms with Crippen molar-refractivity contribution in [2.75, 3.05) is 6.26 Å². The Balaban J connectivity index is 2.31.